The van der Waals surface area contributed by atoms with Crippen molar-refractivity contribution in [3.8, 4) is 17.2 Å². The minimum absolute atomic E-state index is 0.0618. The molecule has 0 fully saturated rings. The van der Waals surface area contributed by atoms with Crippen LogP contribution in [0.25, 0.3) is 5.57 Å². The Morgan fingerprint density at radius 3 is 2.09 bits per heavy atom. The molecule has 7 heteroatoms. The third-order valence-corrected chi connectivity index (χ3v) is 4.88. The van der Waals surface area contributed by atoms with Crippen molar-refractivity contribution in [3.05, 3.63) is 53.7 Å². The average Bonchev–Trinajstić information content (AvgIpc) is 2.98. The van der Waals surface area contributed by atoms with Crippen LogP contribution in [-0.4, -0.2) is 43.6 Å². The Morgan fingerprint density at radius 2 is 1.53 bits per heavy atom. The zero-order valence-electron chi connectivity index (χ0n) is 19.4. The van der Waals surface area contributed by atoms with Gasteiger partial charge in [-0.05, 0) is 61.7 Å². The van der Waals surface area contributed by atoms with Gasteiger partial charge in [0.25, 0.3) is 11.8 Å². The monoisotopic (exact) mass is 438 g/mol. The number of anilines is 1. The van der Waals surface area contributed by atoms with Crippen molar-refractivity contribution in [2.45, 2.75) is 33.8 Å². The lowest BCUT2D eigenvalue weighted by molar-refractivity contribution is -0.137. The summed E-state index contributed by atoms with van der Waals surface area (Å²) in [7, 11) is 3.08. The molecule has 2 aromatic carbocycles. The van der Waals surface area contributed by atoms with Crippen LogP contribution in [0.5, 0.6) is 17.2 Å². The molecule has 32 heavy (non-hydrogen) atoms. The van der Waals surface area contributed by atoms with Crippen LogP contribution < -0.4 is 19.5 Å². The van der Waals surface area contributed by atoms with E-state index >= 15 is 0 Å². The van der Waals surface area contributed by atoms with E-state index in [-0.39, 0.29) is 29.5 Å². The lowest BCUT2D eigenvalue weighted by Crippen LogP contribution is -2.35. The molecule has 1 aliphatic heterocycles. The highest BCUT2D eigenvalue weighted by Gasteiger charge is 2.39. The topological polar surface area (TPSA) is 77.1 Å². The maximum atomic E-state index is 13.3. The standard InChI is InChI=1S/C25H30N2O5/c1-15(2)14-27-24(28)22(17-7-12-20(30-5)21(13-17)31-6)23(25(27)29)26-18-8-10-19(11-9-18)32-16(3)4/h7-13,15-16,26H,14H2,1-6H3. The second-order valence-electron chi connectivity index (χ2n) is 8.25. The molecule has 0 bridgehead atoms. The predicted molar refractivity (Wildman–Crippen MR) is 124 cm³/mol. The quantitative estimate of drug-likeness (QED) is 0.587. The SMILES string of the molecule is COc1ccc(C2=C(Nc3ccc(OC(C)C)cc3)C(=O)N(CC(C)C)C2=O)cc1OC. The van der Waals surface area contributed by atoms with Gasteiger partial charge in [0, 0.05) is 12.2 Å². The molecule has 170 valence electrons. The van der Waals surface area contributed by atoms with Crippen LogP contribution in [0.3, 0.4) is 0 Å². The highest BCUT2D eigenvalue weighted by atomic mass is 16.5. The first-order valence-electron chi connectivity index (χ1n) is 10.6. The normalized spacial score (nSPS) is 13.9. The Hall–Kier alpha value is -3.48. The van der Waals surface area contributed by atoms with Gasteiger partial charge in [0.05, 0.1) is 25.9 Å². The fourth-order valence-electron chi connectivity index (χ4n) is 3.52. The summed E-state index contributed by atoms with van der Waals surface area (Å²) in [6.07, 6.45) is 0.0618. The highest BCUT2D eigenvalue weighted by molar-refractivity contribution is 6.36. The first-order valence-corrected chi connectivity index (χ1v) is 10.6. The first-order chi connectivity index (χ1) is 15.2. The van der Waals surface area contributed by atoms with E-state index in [4.69, 9.17) is 14.2 Å². The molecular formula is C25H30N2O5. The number of imide groups is 1. The summed E-state index contributed by atoms with van der Waals surface area (Å²) in [5.74, 6) is 1.21. The summed E-state index contributed by atoms with van der Waals surface area (Å²) < 4.78 is 16.4. The number of amides is 2. The Labute approximate surface area is 189 Å². The van der Waals surface area contributed by atoms with Gasteiger partial charge < -0.3 is 19.5 Å². The second kappa shape index (κ2) is 9.77. The maximum absolute atomic E-state index is 13.3. The molecule has 0 spiro atoms. The molecule has 1 heterocycles. The van der Waals surface area contributed by atoms with E-state index < -0.39 is 0 Å². The van der Waals surface area contributed by atoms with Gasteiger partial charge in [0.15, 0.2) is 11.5 Å². The Morgan fingerprint density at radius 1 is 0.875 bits per heavy atom. The average molecular weight is 439 g/mol. The molecule has 1 N–H and O–H groups in total. The van der Waals surface area contributed by atoms with E-state index in [1.165, 1.54) is 12.0 Å². The molecule has 0 unspecified atom stereocenters. The van der Waals surface area contributed by atoms with E-state index in [1.807, 2.05) is 52.0 Å². The molecule has 1 aliphatic rings. The fraction of sp³-hybridized carbons (Fsp3) is 0.360. The number of carbonyl (C=O) groups excluding carboxylic acids is 2. The summed E-state index contributed by atoms with van der Waals surface area (Å²) >= 11 is 0. The van der Waals surface area contributed by atoms with Crippen LogP contribution in [-0.2, 0) is 9.59 Å². The number of methoxy groups -OCH3 is 2. The minimum atomic E-state index is -0.351. The molecule has 0 radical (unpaired) electrons. The molecule has 0 saturated carbocycles. The maximum Gasteiger partial charge on any atom is 0.278 e. The molecule has 0 aromatic heterocycles. The number of benzene rings is 2. The summed E-state index contributed by atoms with van der Waals surface area (Å²) in [5.41, 5.74) is 1.80. The number of hydrogen-bond acceptors (Lipinski definition) is 6. The zero-order chi connectivity index (χ0) is 23.4. The number of carbonyl (C=O) groups is 2. The number of hydrogen-bond donors (Lipinski definition) is 1. The van der Waals surface area contributed by atoms with Crippen molar-refractivity contribution in [1.29, 1.82) is 0 Å². The van der Waals surface area contributed by atoms with Crippen LogP contribution in [0.4, 0.5) is 5.69 Å². The van der Waals surface area contributed by atoms with E-state index in [0.717, 1.165) is 5.75 Å². The molecule has 2 amide bonds. The zero-order valence-corrected chi connectivity index (χ0v) is 19.4. The van der Waals surface area contributed by atoms with Crippen molar-refractivity contribution in [3.63, 3.8) is 0 Å². The van der Waals surface area contributed by atoms with Gasteiger partial charge in [-0.3, -0.25) is 14.5 Å². The van der Waals surface area contributed by atoms with Gasteiger partial charge in [-0.25, -0.2) is 0 Å². The van der Waals surface area contributed by atoms with E-state index in [2.05, 4.69) is 5.32 Å². The predicted octanol–water partition coefficient (Wildman–Crippen LogP) is 4.34. The Balaban J connectivity index is 2.03. The van der Waals surface area contributed by atoms with Crippen molar-refractivity contribution in [2.75, 3.05) is 26.1 Å². The Bertz CT molecular complexity index is 1030. The molecule has 7 nitrogen and oxygen atoms in total. The number of rotatable bonds is 9. The third-order valence-electron chi connectivity index (χ3n) is 4.88. The first kappa shape index (κ1) is 23.2. The van der Waals surface area contributed by atoms with E-state index in [9.17, 15) is 9.59 Å². The van der Waals surface area contributed by atoms with Crippen molar-refractivity contribution >= 4 is 23.1 Å². The molecule has 0 saturated heterocycles. The largest absolute Gasteiger partial charge is 0.493 e. The molecule has 0 aliphatic carbocycles. The second-order valence-corrected chi connectivity index (χ2v) is 8.25. The van der Waals surface area contributed by atoms with Gasteiger partial charge >= 0.3 is 0 Å². The Kier molecular flexibility index (Phi) is 7.08. The summed E-state index contributed by atoms with van der Waals surface area (Å²) in [5, 5.41) is 3.16. The van der Waals surface area contributed by atoms with Crippen LogP contribution in [0.2, 0.25) is 0 Å². The number of nitrogens with zero attached hydrogens (tertiary/aromatic N) is 1. The van der Waals surface area contributed by atoms with Crippen LogP contribution in [0.1, 0.15) is 33.3 Å². The summed E-state index contributed by atoms with van der Waals surface area (Å²) in [6, 6.07) is 12.5. The molecule has 0 atom stereocenters. The lowest BCUT2D eigenvalue weighted by Gasteiger charge is -2.17. The van der Waals surface area contributed by atoms with Crippen molar-refractivity contribution in [2.24, 2.45) is 5.92 Å². The summed E-state index contributed by atoms with van der Waals surface area (Å²) in [6.45, 7) is 8.18. The van der Waals surface area contributed by atoms with E-state index in [0.29, 0.717) is 34.9 Å². The van der Waals surface area contributed by atoms with Gasteiger partial charge in [0.1, 0.15) is 11.4 Å². The number of nitrogens with one attached hydrogen (secondary N) is 1. The highest BCUT2D eigenvalue weighted by Crippen LogP contribution is 2.36. The van der Waals surface area contributed by atoms with Gasteiger partial charge in [-0.15, -0.1) is 0 Å². The smallest absolute Gasteiger partial charge is 0.278 e. The van der Waals surface area contributed by atoms with Crippen LogP contribution >= 0.6 is 0 Å². The molecular weight excluding hydrogens is 408 g/mol. The van der Waals surface area contributed by atoms with Gasteiger partial charge in [-0.2, -0.15) is 0 Å². The lowest BCUT2D eigenvalue weighted by atomic mass is 10.0. The fourth-order valence-corrected chi connectivity index (χ4v) is 3.52. The van der Waals surface area contributed by atoms with Crippen LogP contribution in [0.15, 0.2) is 48.2 Å². The minimum Gasteiger partial charge on any atom is -0.493 e. The molecule has 3 rings (SSSR count). The van der Waals surface area contributed by atoms with Gasteiger partial charge in [0.2, 0.25) is 0 Å². The number of ether oxygens (including phenoxy) is 3. The van der Waals surface area contributed by atoms with Crippen LogP contribution in [0, 0.1) is 5.92 Å². The summed E-state index contributed by atoms with van der Waals surface area (Å²) in [4.78, 5) is 27.8. The van der Waals surface area contributed by atoms with Crippen molar-refractivity contribution in [1.82, 2.24) is 4.90 Å². The van der Waals surface area contributed by atoms with E-state index in [1.54, 1.807) is 25.3 Å². The molecule has 2 aromatic rings. The van der Waals surface area contributed by atoms with Gasteiger partial charge in [-0.1, -0.05) is 19.9 Å². The third kappa shape index (κ3) is 4.88. The van der Waals surface area contributed by atoms with Crippen molar-refractivity contribution < 1.29 is 23.8 Å².